The van der Waals surface area contributed by atoms with Crippen molar-refractivity contribution in [3.05, 3.63) is 12.7 Å². The van der Waals surface area contributed by atoms with Crippen molar-refractivity contribution < 1.29 is 4.79 Å². The van der Waals surface area contributed by atoms with E-state index < -0.39 is 0 Å². The Kier molecular flexibility index (Phi) is 3.77. The van der Waals surface area contributed by atoms with Crippen LogP contribution in [-0.2, 0) is 4.79 Å². The maximum atomic E-state index is 10.9. The van der Waals surface area contributed by atoms with Gasteiger partial charge in [0.05, 0.1) is 0 Å². The molecule has 0 aromatic carbocycles. The molecule has 0 aliphatic heterocycles. The number of amides is 1. The number of hydrogen-bond acceptors (Lipinski definition) is 1. The van der Waals surface area contributed by atoms with Gasteiger partial charge in [0.2, 0.25) is 5.91 Å². The van der Waals surface area contributed by atoms with Crippen LogP contribution in [0, 0.1) is 0 Å². The first-order valence-corrected chi connectivity index (χ1v) is 3.52. The van der Waals surface area contributed by atoms with Crippen molar-refractivity contribution in [2.75, 3.05) is 7.05 Å². The molecule has 0 spiro atoms. The van der Waals surface area contributed by atoms with Gasteiger partial charge in [-0.2, -0.15) is 0 Å². The molecule has 0 radical (unpaired) electrons. The van der Waals surface area contributed by atoms with Gasteiger partial charge in [-0.15, -0.1) is 0 Å². The van der Waals surface area contributed by atoms with Gasteiger partial charge in [0.15, 0.2) is 0 Å². The summed E-state index contributed by atoms with van der Waals surface area (Å²) < 4.78 is 0. The van der Waals surface area contributed by atoms with E-state index in [1.54, 1.807) is 11.9 Å². The van der Waals surface area contributed by atoms with Crippen LogP contribution in [0.1, 0.15) is 20.3 Å². The second-order valence-electron chi connectivity index (χ2n) is 2.41. The Labute approximate surface area is 62.5 Å². The highest BCUT2D eigenvalue weighted by Crippen LogP contribution is 1.99. The number of hydrogen-bond donors (Lipinski definition) is 0. The van der Waals surface area contributed by atoms with E-state index in [4.69, 9.17) is 0 Å². The second-order valence-corrected chi connectivity index (χ2v) is 2.41. The Morgan fingerprint density at radius 2 is 2.30 bits per heavy atom. The zero-order valence-electron chi connectivity index (χ0n) is 6.92. The molecule has 0 saturated heterocycles. The summed E-state index contributed by atoms with van der Waals surface area (Å²) in [5.74, 6) is -0.00523. The van der Waals surface area contributed by atoms with Gasteiger partial charge in [0.1, 0.15) is 0 Å². The first-order chi connectivity index (χ1) is 4.63. The van der Waals surface area contributed by atoms with Crippen molar-refractivity contribution in [1.29, 1.82) is 0 Å². The third-order valence-electron chi connectivity index (χ3n) is 1.77. The lowest BCUT2D eigenvalue weighted by Gasteiger charge is -2.21. The predicted molar refractivity (Wildman–Crippen MR) is 42.7 cm³/mol. The third kappa shape index (κ3) is 2.21. The Hall–Kier alpha value is -0.790. The van der Waals surface area contributed by atoms with Crippen LogP contribution in [0.3, 0.4) is 0 Å². The van der Waals surface area contributed by atoms with Crippen molar-refractivity contribution >= 4 is 5.91 Å². The zero-order chi connectivity index (χ0) is 8.15. The van der Waals surface area contributed by atoms with Crippen LogP contribution in [0.5, 0.6) is 0 Å². The topological polar surface area (TPSA) is 20.3 Å². The molecule has 2 nitrogen and oxygen atoms in total. The highest BCUT2D eigenvalue weighted by Gasteiger charge is 2.09. The molecular formula is C8H15NO. The predicted octanol–water partition coefficient (Wildman–Crippen LogP) is 1.43. The number of nitrogens with zero attached hydrogens (tertiary/aromatic N) is 1. The van der Waals surface area contributed by atoms with Crippen LogP contribution in [0.2, 0.25) is 0 Å². The summed E-state index contributed by atoms with van der Waals surface area (Å²) >= 11 is 0. The van der Waals surface area contributed by atoms with Gasteiger partial charge in [-0.3, -0.25) is 4.79 Å². The van der Waals surface area contributed by atoms with Gasteiger partial charge in [-0.1, -0.05) is 13.5 Å². The smallest absolute Gasteiger partial charge is 0.245 e. The average Bonchev–Trinajstić information content (AvgIpc) is 2.00. The molecule has 0 saturated carbocycles. The van der Waals surface area contributed by atoms with E-state index in [1.807, 2.05) is 6.92 Å². The van der Waals surface area contributed by atoms with Crippen molar-refractivity contribution in [2.45, 2.75) is 26.3 Å². The van der Waals surface area contributed by atoms with E-state index in [1.165, 1.54) is 6.08 Å². The van der Waals surface area contributed by atoms with Gasteiger partial charge >= 0.3 is 0 Å². The maximum absolute atomic E-state index is 10.9. The van der Waals surface area contributed by atoms with Gasteiger partial charge in [0.25, 0.3) is 0 Å². The highest BCUT2D eigenvalue weighted by atomic mass is 16.2. The minimum absolute atomic E-state index is 0.00523. The molecule has 1 atom stereocenters. The van der Waals surface area contributed by atoms with Gasteiger partial charge in [0, 0.05) is 13.1 Å². The first kappa shape index (κ1) is 9.21. The molecule has 0 aliphatic carbocycles. The lowest BCUT2D eigenvalue weighted by Crippen LogP contribution is -2.33. The Morgan fingerprint density at radius 1 is 1.80 bits per heavy atom. The molecule has 0 bridgehead atoms. The lowest BCUT2D eigenvalue weighted by molar-refractivity contribution is -0.126. The normalized spacial score (nSPS) is 12.3. The van der Waals surface area contributed by atoms with E-state index in [2.05, 4.69) is 13.5 Å². The van der Waals surface area contributed by atoms with E-state index in [0.717, 1.165) is 6.42 Å². The largest absolute Gasteiger partial charge is 0.340 e. The number of carbonyl (C=O) groups excluding carboxylic acids is 1. The van der Waals surface area contributed by atoms with Crippen molar-refractivity contribution in [3.8, 4) is 0 Å². The Morgan fingerprint density at radius 3 is 2.60 bits per heavy atom. The minimum atomic E-state index is -0.00523. The van der Waals surface area contributed by atoms with Crippen molar-refractivity contribution in [3.63, 3.8) is 0 Å². The fourth-order valence-corrected chi connectivity index (χ4v) is 0.635. The highest BCUT2D eigenvalue weighted by molar-refractivity contribution is 5.86. The zero-order valence-corrected chi connectivity index (χ0v) is 6.92. The monoisotopic (exact) mass is 141 g/mol. The Balaban J connectivity index is 3.93. The third-order valence-corrected chi connectivity index (χ3v) is 1.77. The molecule has 0 aliphatic rings. The van der Waals surface area contributed by atoms with Crippen molar-refractivity contribution in [1.82, 2.24) is 4.90 Å². The minimum Gasteiger partial charge on any atom is -0.340 e. The standard InChI is InChI=1S/C8H15NO/c1-5-7(3)9(4)8(10)6-2/h6-7H,2,5H2,1,3-4H3/t7-/m1/s1. The maximum Gasteiger partial charge on any atom is 0.245 e. The molecule has 10 heavy (non-hydrogen) atoms. The second kappa shape index (κ2) is 4.09. The van der Waals surface area contributed by atoms with Crippen LogP contribution in [0.4, 0.5) is 0 Å². The molecule has 2 heteroatoms. The van der Waals surface area contributed by atoms with Crippen molar-refractivity contribution in [2.24, 2.45) is 0 Å². The molecule has 0 heterocycles. The quantitative estimate of drug-likeness (QED) is 0.544. The van der Waals surface area contributed by atoms with Gasteiger partial charge in [-0.05, 0) is 19.4 Å². The van der Waals surface area contributed by atoms with E-state index in [0.29, 0.717) is 6.04 Å². The summed E-state index contributed by atoms with van der Waals surface area (Å²) in [7, 11) is 1.79. The Bertz CT molecular complexity index is 131. The molecule has 0 unspecified atom stereocenters. The van der Waals surface area contributed by atoms with Gasteiger partial charge < -0.3 is 4.90 Å². The number of carbonyl (C=O) groups is 1. The molecule has 0 aromatic heterocycles. The molecule has 0 rings (SSSR count). The van der Waals surface area contributed by atoms with Crippen LogP contribution in [0.25, 0.3) is 0 Å². The molecule has 0 N–H and O–H groups in total. The van der Waals surface area contributed by atoms with E-state index in [-0.39, 0.29) is 5.91 Å². The molecule has 1 amide bonds. The number of rotatable bonds is 3. The number of likely N-dealkylation sites (N-methyl/N-ethyl adjacent to an activating group) is 1. The summed E-state index contributed by atoms with van der Waals surface area (Å²) in [5, 5.41) is 0. The molecular weight excluding hydrogens is 126 g/mol. The fraction of sp³-hybridized carbons (Fsp3) is 0.625. The van der Waals surface area contributed by atoms with Crippen LogP contribution in [0.15, 0.2) is 12.7 Å². The van der Waals surface area contributed by atoms with E-state index in [9.17, 15) is 4.79 Å². The van der Waals surface area contributed by atoms with E-state index >= 15 is 0 Å². The first-order valence-electron chi connectivity index (χ1n) is 3.52. The summed E-state index contributed by atoms with van der Waals surface area (Å²) in [6.07, 6.45) is 2.32. The average molecular weight is 141 g/mol. The SMILES string of the molecule is C=CC(=O)N(C)[C@H](C)CC. The van der Waals surface area contributed by atoms with Gasteiger partial charge in [-0.25, -0.2) is 0 Å². The summed E-state index contributed by atoms with van der Waals surface area (Å²) in [4.78, 5) is 12.6. The summed E-state index contributed by atoms with van der Waals surface area (Å²) in [6, 6.07) is 0.311. The molecule has 0 fully saturated rings. The fourth-order valence-electron chi connectivity index (χ4n) is 0.635. The van der Waals surface area contributed by atoms with Crippen LogP contribution in [-0.4, -0.2) is 23.9 Å². The summed E-state index contributed by atoms with van der Waals surface area (Å²) in [5.41, 5.74) is 0. The lowest BCUT2D eigenvalue weighted by atomic mass is 10.2. The van der Waals surface area contributed by atoms with Crippen LogP contribution >= 0.6 is 0 Å². The molecule has 0 aromatic rings. The van der Waals surface area contributed by atoms with Crippen LogP contribution < -0.4 is 0 Å². The molecule has 58 valence electrons. The summed E-state index contributed by atoms with van der Waals surface area (Å²) in [6.45, 7) is 7.48.